The summed E-state index contributed by atoms with van der Waals surface area (Å²) in [7, 11) is 1.40. The van der Waals surface area contributed by atoms with Gasteiger partial charge in [0.1, 0.15) is 0 Å². The van der Waals surface area contributed by atoms with Crippen molar-refractivity contribution in [3.63, 3.8) is 0 Å². The van der Waals surface area contributed by atoms with Gasteiger partial charge in [-0.1, -0.05) is 6.07 Å². The SMILES string of the molecule is COC(=O)C12CC(C(=O)N[C@H]3C[C@@H]3NC(=O)C3(c4cccs4)CC3)(C1)C2. The molecule has 1 aromatic rings. The first-order valence-electron chi connectivity index (χ1n) is 9.18. The molecule has 0 aliphatic heterocycles. The van der Waals surface area contributed by atoms with Crippen molar-refractivity contribution >= 4 is 29.1 Å². The Balaban J connectivity index is 1.12. The molecule has 2 atom stereocenters. The summed E-state index contributed by atoms with van der Waals surface area (Å²) in [5.41, 5.74) is -1.10. The fourth-order valence-electron chi connectivity index (χ4n) is 4.87. The maximum absolute atomic E-state index is 12.7. The summed E-state index contributed by atoms with van der Waals surface area (Å²) in [4.78, 5) is 38.1. The molecule has 0 spiro atoms. The van der Waals surface area contributed by atoms with Crippen LogP contribution >= 0.6 is 11.3 Å². The van der Waals surface area contributed by atoms with E-state index in [1.165, 1.54) is 7.11 Å². The molecule has 5 saturated carbocycles. The minimum absolute atomic E-state index is 0.0219. The lowest BCUT2D eigenvalue weighted by Gasteiger charge is -2.66. The van der Waals surface area contributed by atoms with E-state index in [2.05, 4.69) is 10.6 Å². The van der Waals surface area contributed by atoms with Gasteiger partial charge in [0.15, 0.2) is 0 Å². The first-order valence-corrected chi connectivity index (χ1v) is 10.1. The third kappa shape index (κ3) is 2.12. The number of hydrogen-bond donors (Lipinski definition) is 2. The first kappa shape index (κ1) is 16.3. The van der Waals surface area contributed by atoms with E-state index in [9.17, 15) is 14.4 Å². The smallest absolute Gasteiger partial charge is 0.311 e. The van der Waals surface area contributed by atoms with Crippen molar-refractivity contribution in [1.29, 1.82) is 0 Å². The third-order valence-electron chi connectivity index (χ3n) is 6.73. The van der Waals surface area contributed by atoms with Crippen molar-refractivity contribution in [2.24, 2.45) is 10.8 Å². The average Bonchev–Trinajstić information content (AvgIpc) is 3.43. The number of methoxy groups -OCH3 is 1. The Morgan fingerprint density at radius 1 is 1.08 bits per heavy atom. The van der Waals surface area contributed by atoms with Crippen LogP contribution in [0.2, 0.25) is 0 Å². The molecule has 1 heterocycles. The number of carbonyl (C=O) groups excluding carboxylic acids is 3. The Morgan fingerprint density at radius 2 is 1.73 bits per heavy atom. The lowest BCUT2D eigenvalue weighted by Crippen LogP contribution is -2.71. The molecule has 2 bridgehead atoms. The van der Waals surface area contributed by atoms with Gasteiger partial charge in [-0.2, -0.15) is 0 Å². The second-order valence-electron chi connectivity index (χ2n) is 8.54. The van der Waals surface area contributed by atoms with Gasteiger partial charge in [-0.15, -0.1) is 11.3 Å². The molecule has 6 nitrogen and oxygen atoms in total. The minimum Gasteiger partial charge on any atom is -0.469 e. The summed E-state index contributed by atoms with van der Waals surface area (Å²) < 4.78 is 4.83. The molecule has 1 aromatic heterocycles. The lowest BCUT2D eigenvalue weighted by atomic mass is 9.35. The fourth-order valence-corrected chi connectivity index (χ4v) is 5.85. The Bertz CT molecular complexity index is 779. The zero-order valence-corrected chi connectivity index (χ0v) is 15.5. The molecule has 0 unspecified atom stereocenters. The van der Waals surface area contributed by atoms with Crippen LogP contribution in [-0.4, -0.2) is 37.0 Å². The van der Waals surface area contributed by atoms with Crippen LogP contribution in [0.5, 0.6) is 0 Å². The quantitative estimate of drug-likeness (QED) is 0.739. The van der Waals surface area contributed by atoms with Gasteiger partial charge in [0.05, 0.1) is 35.4 Å². The maximum atomic E-state index is 12.7. The van der Waals surface area contributed by atoms with E-state index in [4.69, 9.17) is 4.74 Å². The second kappa shape index (κ2) is 5.09. The van der Waals surface area contributed by atoms with Crippen LogP contribution in [0.15, 0.2) is 17.5 Å². The number of esters is 1. The number of rotatable bonds is 6. The van der Waals surface area contributed by atoms with Gasteiger partial charge in [0.2, 0.25) is 11.8 Å². The first-order chi connectivity index (χ1) is 12.4. The van der Waals surface area contributed by atoms with Crippen LogP contribution < -0.4 is 10.6 Å². The predicted octanol–water partition coefficient (Wildman–Crippen LogP) is 1.50. The van der Waals surface area contributed by atoms with Crippen LogP contribution in [0.25, 0.3) is 0 Å². The van der Waals surface area contributed by atoms with E-state index in [-0.39, 0.29) is 40.7 Å². The summed E-state index contributed by atoms with van der Waals surface area (Å²) >= 11 is 1.63. The van der Waals surface area contributed by atoms with Crippen LogP contribution in [0.4, 0.5) is 0 Å². The summed E-state index contributed by atoms with van der Waals surface area (Å²) in [6.45, 7) is 0. The van der Waals surface area contributed by atoms with E-state index < -0.39 is 5.41 Å². The molecule has 6 rings (SSSR count). The van der Waals surface area contributed by atoms with Crippen LogP contribution in [-0.2, 0) is 24.5 Å². The van der Waals surface area contributed by atoms with Gasteiger partial charge < -0.3 is 15.4 Å². The maximum Gasteiger partial charge on any atom is 0.311 e. The summed E-state index contributed by atoms with van der Waals surface area (Å²) in [5.74, 6) is -0.0617. The summed E-state index contributed by atoms with van der Waals surface area (Å²) in [6, 6.07) is 4.07. The average molecular weight is 374 g/mol. The van der Waals surface area contributed by atoms with Gasteiger partial charge in [-0.05, 0) is 50.0 Å². The molecule has 7 heteroatoms. The normalized spacial score (nSPS) is 37.6. The van der Waals surface area contributed by atoms with Crippen LogP contribution in [0.1, 0.15) is 43.4 Å². The monoisotopic (exact) mass is 374 g/mol. The van der Waals surface area contributed by atoms with Crippen molar-refractivity contribution in [3.8, 4) is 0 Å². The topological polar surface area (TPSA) is 84.5 Å². The van der Waals surface area contributed by atoms with E-state index in [0.717, 1.165) is 24.1 Å². The summed E-state index contributed by atoms with van der Waals surface area (Å²) in [5, 5.41) is 8.19. The third-order valence-corrected chi connectivity index (χ3v) is 7.81. The van der Waals surface area contributed by atoms with Gasteiger partial charge >= 0.3 is 5.97 Å². The van der Waals surface area contributed by atoms with Crippen molar-refractivity contribution in [1.82, 2.24) is 10.6 Å². The van der Waals surface area contributed by atoms with Gasteiger partial charge in [0, 0.05) is 4.88 Å². The molecule has 2 N–H and O–H groups in total. The molecule has 26 heavy (non-hydrogen) atoms. The molecule has 5 aliphatic rings. The van der Waals surface area contributed by atoms with Crippen LogP contribution in [0, 0.1) is 10.8 Å². The Morgan fingerprint density at radius 3 is 2.27 bits per heavy atom. The van der Waals surface area contributed by atoms with Crippen molar-refractivity contribution in [2.75, 3.05) is 7.11 Å². The molecule has 2 amide bonds. The van der Waals surface area contributed by atoms with Gasteiger partial charge in [-0.3, -0.25) is 14.4 Å². The molecule has 0 radical (unpaired) electrons. The molecule has 5 aliphatic carbocycles. The highest BCUT2D eigenvalue weighted by atomic mass is 32.1. The zero-order chi connectivity index (χ0) is 18.2. The fraction of sp³-hybridized carbons (Fsp3) is 0.632. The molecule has 5 fully saturated rings. The number of nitrogens with one attached hydrogen (secondary N) is 2. The molecule has 0 saturated heterocycles. The van der Waals surface area contributed by atoms with Gasteiger partial charge in [-0.25, -0.2) is 0 Å². The van der Waals surface area contributed by atoms with Crippen molar-refractivity contribution < 1.29 is 19.1 Å². The van der Waals surface area contributed by atoms with Gasteiger partial charge in [0.25, 0.3) is 0 Å². The number of ether oxygens (including phenoxy) is 1. The number of hydrogen-bond acceptors (Lipinski definition) is 5. The highest BCUT2D eigenvalue weighted by Gasteiger charge is 2.75. The van der Waals surface area contributed by atoms with Crippen LogP contribution in [0.3, 0.4) is 0 Å². The molecule has 138 valence electrons. The molecule has 0 aromatic carbocycles. The zero-order valence-electron chi connectivity index (χ0n) is 14.7. The van der Waals surface area contributed by atoms with Crippen molar-refractivity contribution in [2.45, 2.75) is 56.0 Å². The second-order valence-corrected chi connectivity index (χ2v) is 9.49. The van der Waals surface area contributed by atoms with E-state index in [0.29, 0.717) is 19.3 Å². The van der Waals surface area contributed by atoms with E-state index in [1.807, 2.05) is 17.5 Å². The lowest BCUT2D eigenvalue weighted by molar-refractivity contribution is -0.222. The number of carbonyl (C=O) groups is 3. The minimum atomic E-state index is -0.400. The number of amides is 2. The molecular formula is C19H22N2O4S. The van der Waals surface area contributed by atoms with E-state index in [1.54, 1.807) is 11.3 Å². The van der Waals surface area contributed by atoms with E-state index >= 15 is 0 Å². The Kier molecular flexibility index (Phi) is 3.19. The largest absolute Gasteiger partial charge is 0.469 e. The standard InChI is InChI=1S/C19H22N2O4S/c1-25-16(24)18-8-17(9-18,10-18)14(22)20-11-7-12(11)21-15(23)19(4-5-19)13-3-2-6-26-13/h2-3,6,11-12H,4-5,7-10H2,1H3,(H,20,22)(H,21,23)/t11-,12-,17?,18?/m0/s1. The highest BCUT2D eigenvalue weighted by molar-refractivity contribution is 7.10. The summed E-state index contributed by atoms with van der Waals surface area (Å²) in [6.07, 6.45) is 4.40. The predicted molar refractivity (Wildman–Crippen MR) is 94.4 cm³/mol. The highest BCUT2D eigenvalue weighted by Crippen LogP contribution is 2.73. The van der Waals surface area contributed by atoms with Crippen molar-refractivity contribution in [3.05, 3.63) is 22.4 Å². The number of thiophene rings is 1. The molecular weight excluding hydrogens is 352 g/mol. The Labute approximate surface area is 155 Å². The Hall–Kier alpha value is -1.89.